The van der Waals surface area contributed by atoms with Gasteiger partial charge in [-0.1, -0.05) is 13.0 Å². The van der Waals surface area contributed by atoms with Crippen molar-refractivity contribution in [3.05, 3.63) is 53.5 Å². The normalized spacial score (nSPS) is 17.2. The number of nitrogens with zero attached hydrogens (tertiary/aromatic N) is 1. The predicted molar refractivity (Wildman–Crippen MR) is 100 cm³/mol. The van der Waals surface area contributed by atoms with Gasteiger partial charge in [-0.25, -0.2) is 0 Å². The van der Waals surface area contributed by atoms with Gasteiger partial charge in [0.15, 0.2) is 5.76 Å². The van der Waals surface area contributed by atoms with Crippen molar-refractivity contribution in [3.8, 4) is 0 Å². The lowest BCUT2D eigenvalue weighted by Gasteiger charge is -2.23. The molecule has 26 heavy (non-hydrogen) atoms. The maximum absolute atomic E-state index is 12.5. The van der Waals surface area contributed by atoms with Crippen LogP contribution in [-0.4, -0.2) is 42.4 Å². The van der Waals surface area contributed by atoms with Crippen LogP contribution in [0.3, 0.4) is 0 Å². The molecule has 2 amide bonds. The summed E-state index contributed by atoms with van der Waals surface area (Å²) in [5, 5.41) is 5.82. The first-order chi connectivity index (χ1) is 12.6. The number of hydrogen-bond acceptors (Lipinski definition) is 4. The number of hydrogen-bond donors (Lipinski definition) is 2. The molecule has 1 unspecified atom stereocenters. The van der Waals surface area contributed by atoms with E-state index < -0.39 is 0 Å². The number of anilines is 1. The van der Waals surface area contributed by atoms with E-state index in [-0.39, 0.29) is 17.6 Å². The maximum atomic E-state index is 12.5. The van der Waals surface area contributed by atoms with Crippen LogP contribution in [0, 0.1) is 6.92 Å². The first kappa shape index (κ1) is 18.2. The zero-order valence-corrected chi connectivity index (χ0v) is 15.2. The molecule has 0 radical (unpaired) electrons. The van der Waals surface area contributed by atoms with E-state index in [2.05, 4.69) is 22.5 Å². The van der Waals surface area contributed by atoms with Crippen LogP contribution in [0.2, 0.25) is 0 Å². The van der Waals surface area contributed by atoms with E-state index in [1.807, 2.05) is 13.0 Å². The molecular weight excluding hydrogens is 330 g/mol. The van der Waals surface area contributed by atoms with Crippen LogP contribution in [0.1, 0.15) is 46.2 Å². The molecule has 138 valence electrons. The zero-order valence-electron chi connectivity index (χ0n) is 15.2. The minimum Gasteiger partial charge on any atom is -0.459 e. The second-order valence-electron chi connectivity index (χ2n) is 6.60. The van der Waals surface area contributed by atoms with Crippen molar-refractivity contribution in [2.75, 3.05) is 25.0 Å². The van der Waals surface area contributed by atoms with Gasteiger partial charge in [-0.05, 0) is 62.7 Å². The number of likely N-dealkylation sites (tertiary alicyclic amines) is 1. The summed E-state index contributed by atoms with van der Waals surface area (Å²) in [6.07, 6.45) is 3.75. The third-order valence-corrected chi connectivity index (χ3v) is 4.90. The lowest BCUT2D eigenvalue weighted by atomic mass is 10.1. The Morgan fingerprint density at radius 1 is 1.27 bits per heavy atom. The number of nitrogens with one attached hydrogen (secondary N) is 2. The third kappa shape index (κ3) is 4.14. The molecule has 1 aromatic carbocycles. The fourth-order valence-electron chi connectivity index (χ4n) is 3.34. The summed E-state index contributed by atoms with van der Waals surface area (Å²) in [4.78, 5) is 27.1. The van der Waals surface area contributed by atoms with Gasteiger partial charge in [0.2, 0.25) is 0 Å². The van der Waals surface area contributed by atoms with E-state index in [9.17, 15) is 9.59 Å². The molecule has 1 aliphatic rings. The fraction of sp³-hybridized carbons (Fsp3) is 0.400. The largest absolute Gasteiger partial charge is 0.459 e. The van der Waals surface area contributed by atoms with Gasteiger partial charge >= 0.3 is 0 Å². The Bertz CT molecular complexity index is 771. The number of furan rings is 1. The SMILES string of the molecule is CCN1CCCC1CNC(=O)c1ccc(C)c(NC(=O)c2ccco2)c1. The Morgan fingerprint density at radius 3 is 2.85 bits per heavy atom. The molecule has 0 spiro atoms. The highest BCUT2D eigenvalue weighted by Gasteiger charge is 2.23. The van der Waals surface area contributed by atoms with E-state index in [0.29, 0.717) is 23.8 Å². The number of likely N-dealkylation sites (N-methyl/N-ethyl adjacent to an activating group) is 1. The van der Waals surface area contributed by atoms with Gasteiger partial charge in [0, 0.05) is 23.8 Å². The summed E-state index contributed by atoms with van der Waals surface area (Å²) in [6.45, 7) is 6.79. The molecule has 1 fully saturated rings. The molecule has 0 bridgehead atoms. The summed E-state index contributed by atoms with van der Waals surface area (Å²) < 4.78 is 5.11. The van der Waals surface area contributed by atoms with Crippen LogP contribution in [0.5, 0.6) is 0 Å². The molecule has 2 heterocycles. The summed E-state index contributed by atoms with van der Waals surface area (Å²) >= 11 is 0. The monoisotopic (exact) mass is 355 g/mol. The number of carbonyl (C=O) groups excluding carboxylic acids is 2. The molecule has 6 nitrogen and oxygen atoms in total. The molecule has 1 aromatic heterocycles. The van der Waals surface area contributed by atoms with Gasteiger partial charge < -0.3 is 15.1 Å². The minimum atomic E-state index is -0.333. The quantitative estimate of drug-likeness (QED) is 0.835. The predicted octanol–water partition coefficient (Wildman–Crippen LogP) is 3.05. The number of amides is 2. The Morgan fingerprint density at radius 2 is 2.12 bits per heavy atom. The molecular formula is C20H25N3O3. The van der Waals surface area contributed by atoms with E-state index in [0.717, 1.165) is 25.1 Å². The minimum absolute atomic E-state index is 0.124. The molecule has 3 rings (SSSR count). The van der Waals surface area contributed by atoms with E-state index in [4.69, 9.17) is 4.42 Å². The van der Waals surface area contributed by atoms with Gasteiger partial charge in [-0.2, -0.15) is 0 Å². The van der Waals surface area contributed by atoms with Gasteiger partial charge in [-0.3, -0.25) is 14.5 Å². The number of rotatable bonds is 6. The highest BCUT2D eigenvalue weighted by Crippen LogP contribution is 2.19. The molecule has 1 saturated heterocycles. The summed E-state index contributed by atoms with van der Waals surface area (Å²) in [5.41, 5.74) is 2.02. The average Bonchev–Trinajstić information content (AvgIpc) is 3.32. The fourth-order valence-corrected chi connectivity index (χ4v) is 3.34. The van der Waals surface area contributed by atoms with Crippen LogP contribution in [0.15, 0.2) is 41.0 Å². The number of aryl methyl sites for hydroxylation is 1. The number of carbonyl (C=O) groups is 2. The number of benzene rings is 1. The lowest BCUT2D eigenvalue weighted by molar-refractivity contribution is 0.0939. The topological polar surface area (TPSA) is 74.6 Å². The second kappa shape index (κ2) is 8.19. The molecule has 2 aromatic rings. The van der Waals surface area contributed by atoms with Crippen LogP contribution < -0.4 is 10.6 Å². The second-order valence-corrected chi connectivity index (χ2v) is 6.60. The Hall–Kier alpha value is -2.60. The highest BCUT2D eigenvalue weighted by molar-refractivity contribution is 6.03. The maximum Gasteiger partial charge on any atom is 0.291 e. The van der Waals surface area contributed by atoms with Gasteiger partial charge in [0.1, 0.15) is 0 Å². The van der Waals surface area contributed by atoms with Crippen molar-refractivity contribution in [1.82, 2.24) is 10.2 Å². The Balaban J connectivity index is 1.64. The zero-order chi connectivity index (χ0) is 18.5. The highest BCUT2D eigenvalue weighted by atomic mass is 16.3. The van der Waals surface area contributed by atoms with Crippen LogP contribution in [-0.2, 0) is 0 Å². The van der Waals surface area contributed by atoms with Gasteiger partial charge in [0.25, 0.3) is 11.8 Å². The van der Waals surface area contributed by atoms with Crippen molar-refractivity contribution < 1.29 is 14.0 Å². The van der Waals surface area contributed by atoms with E-state index in [1.165, 1.54) is 12.7 Å². The summed E-state index contributed by atoms with van der Waals surface area (Å²) in [6, 6.07) is 8.99. The summed E-state index contributed by atoms with van der Waals surface area (Å²) in [7, 11) is 0. The van der Waals surface area contributed by atoms with Crippen LogP contribution >= 0.6 is 0 Å². The Kier molecular flexibility index (Phi) is 5.73. The van der Waals surface area contributed by atoms with E-state index in [1.54, 1.807) is 24.3 Å². The molecule has 1 aliphatic heterocycles. The van der Waals surface area contributed by atoms with Crippen molar-refractivity contribution in [2.45, 2.75) is 32.7 Å². The van der Waals surface area contributed by atoms with Crippen molar-refractivity contribution in [1.29, 1.82) is 0 Å². The Labute approximate surface area is 153 Å². The van der Waals surface area contributed by atoms with Crippen molar-refractivity contribution in [3.63, 3.8) is 0 Å². The van der Waals surface area contributed by atoms with Gasteiger partial charge in [0.05, 0.1) is 6.26 Å². The standard InChI is InChI=1S/C20H25N3O3/c1-3-23-10-4-6-16(23)13-21-19(24)15-9-8-14(2)17(12-15)22-20(25)18-7-5-11-26-18/h5,7-9,11-12,16H,3-4,6,10,13H2,1-2H3,(H,21,24)(H,22,25). The van der Waals surface area contributed by atoms with Gasteiger partial charge in [-0.15, -0.1) is 0 Å². The van der Waals surface area contributed by atoms with Crippen molar-refractivity contribution in [2.24, 2.45) is 0 Å². The first-order valence-electron chi connectivity index (χ1n) is 9.06. The first-order valence-corrected chi connectivity index (χ1v) is 9.06. The lowest BCUT2D eigenvalue weighted by Crippen LogP contribution is -2.40. The average molecular weight is 355 g/mol. The van der Waals surface area contributed by atoms with Crippen LogP contribution in [0.25, 0.3) is 0 Å². The van der Waals surface area contributed by atoms with Crippen molar-refractivity contribution >= 4 is 17.5 Å². The molecule has 0 saturated carbocycles. The summed E-state index contributed by atoms with van der Waals surface area (Å²) in [5.74, 6) is -0.221. The van der Waals surface area contributed by atoms with Crippen LogP contribution in [0.4, 0.5) is 5.69 Å². The molecule has 2 N–H and O–H groups in total. The molecule has 6 heteroatoms. The smallest absolute Gasteiger partial charge is 0.291 e. The van der Waals surface area contributed by atoms with E-state index >= 15 is 0 Å². The third-order valence-electron chi connectivity index (χ3n) is 4.90. The molecule has 0 aliphatic carbocycles. The molecule has 1 atom stereocenters.